The van der Waals surface area contributed by atoms with E-state index in [4.69, 9.17) is 22.1 Å². The topological polar surface area (TPSA) is 94.6 Å². The van der Waals surface area contributed by atoms with Gasteiger partial charge in [-0.15, -0.1) is 0 Å². The molecule has 1 atom stereocenters. The van der Waals surface area contributed by atoms with E-state index in [1.165, 1.54) is 6.92 Å². The number of carboxylic acid groups (broad SMARTS) is 1. The minimum Gasteiger partial charge on any atom is -1.00 e. The molecule has 6 nitrogen and oxygen atoms in total. The fraction of sp³-hybridized carbons (Fsp3) is 0.238. The number of hydrogen-bond acceptors (Lipinski definition) is 3. The number of hydrogen-bond donors (Lipinski definition) is 2. The molecule has 0 bridgehead atoms. The number of ether oxygens (including phenoxy) is 1. The normalized spacial score (nSPS) is 11.7. The average molecular weight is 425 g/mol. The molecule has 1 heterocycles. The van der Waals surface area contributed by atoms with Gasteiger partial charge in [0, 0.05) is 22.6 Å². The van der Waals surface area contributed by atoms with Crippen LogP contribution < -0.4 is 40.0 Å². The summed E-state index contributed by atoms with van der Waals surface area (Å²) >= 11 is 6.11. The van der Waals surface area contributed by atoms with E-state index in [1.54, 1.807) is 12.1 Å². The summed E-state index contributed by atoms with van der Waals surface area (Å²) in [4.78, 5) is 22.9. The van der Waals surface area contributed by atoms with Gasteiger partial charge in [0.05, 0.1) is 11.9 Å². The minimum atomic E-state index is -1.07. The number of nitrogens with two attached hydrogens (primary N) is 1. The van der Waals surface area contributed by atoms with Gasteiger partial charge >= 0.3 is 35.5 Å². The van der Waals surface area contributed by atoms with Crippen molar-refractivity contribution in [1.82, 2.24) is 4.57 Å². The molecule has 8 heteroatoms. The molecule has 2 aromatic carbocycles. The van der Waals surface area contributed by atoms with E-state index in [1.807, 2.05) is 37.3 Å². The summed E-state index contributed by atoms with van der Waals surface area (Å²) in [5, 5.41) is 10.5. The van der Waals surface area contributed by atoms with Gasteiger partial charge in [-0.2, -0.15) is 0 Å². The molecular formula is C21H22ClN2NaO4. The van der Waals surface area contributed by atoms with E-state index in [-0.39, 0.29) is 37.4 Å². The maximum Gasteiger partial charge on any atom is 1.00 e. The number of carbonyl (C=O) groups excluding carboxylic acids is 1. The number of carboxylic acids is 1. The van der Waals surface area contributed by atoms with Crippen molar-refractivity contribution in [3.8, 4) is 5.75 Å². The monoisotopic (exact) mass is 424 g/mol. The summed E-state index contributed by atoms with van der Waals surface area (Å²) < 4.78 is 7.72. The van der Waals surface area contributed by atoms with Gasteiger partial charge in [-0.1, -0.05) is 29.8 Å². The molecule has 1 aromatic heterocycles. The van der Waals surface area contributed by atoms with Crippen LogP contribution in [0.3, 0.4) is 0 Å². The number of rotatable bonds is 7. The summed E-state index contributed by atoms with van der Waals surface area (Å²) in [5.74, 6) is -1.12. The average Bonchev–Trinajstić information content (AvgIpc) is 2.88. The van der Waals surface area contributed by atoms with Gasteiger partial charge in [-0.05, 0) is 49.2 Å². The Morgan fingerprint density at radius 2 is 1.97 bits per heavy atom. The molecule has 0 aliphatic heterocycles. The van der Waals surface area contributed by atoms with Crippen LogP contribution in [0.15, 0.2) is 42.5 Å². The Labute approximate surface area is 197 Å². The van der Waals surface area contributed by atoms with E-state index < -0.39 is 18.0 Å². The molecule has 0 aliphatic rings. The van der Waals surface area contributed by atoms with Crippen molar-refractivity contribution >= 4 is 34.4 Å². The van der Waals surface area contributed by atoms with Crippen molar-refractivity contribution in [2.45, 2.75) is 32.9 Å². The molecule has 0 saturated carbocycles. The zero-order valence-corrected chi connectivity index (χ0v) is 19.4. The van der Waals surface area contributed by atoms with Crippen molar-refractivity contribution < 1.29 is 50.4 Å². The van der Waals surface area contributed by atoms with Crippen LogP contribution in [0.25, 0.3) is 10.9 Å². The fourth-order valence-corrected chi connectivity index (χ4v) is 3.54. The molecule has 3 aromatic rings. The standard InChI is InChI=1S/C21H21ClN2O4.Na.H/c1-12-16(10-19(23)25)20-17(7-4-8-18(20)28-13(2)21(26)27)24(12)11-14-5-3-6-15(22)9-14;;/h3-9,13H,10-11H2,1-2H3,(H2,23,25)(H,26,27);;/q;+1;-1. The predicted molar refractivity (Wildman–Crippen MR) is 109 cm³/mol. The van der Waals surface area contributed by atoms with Gasteiger partial charge in [0.25, 0.3) is 0 Å². The molecule has 1 unspecified atom stereocenters. The number of aromatic nitrogens is 1. The first-order valence-corrected chi connectivity index (χ1v) is 9.18. The first-order chi connectivity index (χ1) is 13.3. The Balaban J connectivity index is 0.00000225. The molecular weight excluding hydrogens is 403 g/mol. The van der Waals surface area contributed by atoms with Crippen LogP contribution in [0.5, 0.6) is 5.75 Å². The SMILES string of the molecule is Cc1c(CC(N)=O)c2c(OC(C)C(=O)O)cccc2n1Cc1cccc(Cl)c1.[H-].[Na+]. The van der Waals surface area contributed by atoms with Gasteiger partial charge in [0.2, 0.25) is 5.91 Å². The third-order valence-corrected chi connectivity index (χ3v) is 4.91. The van der Waals surface area contributed by atoms with Gasteiger partial charge < -0.3 is 21.6 Å². The van der Waals surface area contributed by atoms with Gasteiger partial charge in [-0.25, -0.2) is 4.79 Å². The first-order valence-electron chi connectivity index (χ1n) is 8.80. The van der Waals surface area contributed by atoms with Crippen molar-refractivity contribution in [3.63, 3.8) is 0 Å². The zero-order chi connectivity index (χ0) is 20.4. The van der Waals surface area contributed by atoms with Crippen LogP contribution in [0, 0.1) is 6.92 Å². The van der Waals surface area contributed by atoms with Gasteiger partial charge in [-0.3, -0.25) is 4.79 Å². The quantitative estimate of drug-likeness (QED) is 0.544. The second kappa shape index (κ2) is 9.67. The van der Waals surface area contributed by atoms with E-state index >= 15 is 0 Å². The molecule has 3 rings (SSSR count). The Hall–Kier alpha value is -1.99. The van der Waals surface area contributed by atoms with Crippen LogP contribution in [0.4, 0.5) is 0 Å². The van der Waals surface area contributed by atoms with Crippen molar-refractivity contribution in [1.29, 1.82) is 0 Å². The molecule has 29 heavy (non-hydrogen) atoms. The number of fused-ring (bicyclic) bond motifs is 1. The van der Waals surface area contributed by atoms with Gasteiger partial charge in [0.15, 0.2) is 6.10 Å². The second-order valence-corrected chi connectivity index (χ2v) is 7.11. The summed E-state index contributed by atoms with van der Waals surface area (Å²) in [7, 11) is 0. The summed E-state index contributed by atoms with van der Waals surface area (Å²) in [6.45, 7) is 3.91. The summed E-state index contributed by atoms with van der Waals surface area (Å²) in [6, 6.07) is 13.0. The molecule has 148 valence electrons. The Morgan fingerprint density at radius 3 is 2.59 bits per heavy atom. The van der Waals surface area contributed by atoms with Crippen LogP contribution in [-0.4, -0.2) is 27.7 Å². The molecule has 0 spiro atoms. The largest absolute Gasteiger partial charge is 1.00 e. The number of carbonyl (C=O) groups is 2. The number of aliphatic carboxylic acids is 1. The number of halogens is 1. The minimum absolute atomic E-state index is 0. The predicted octanol–water partition coefficient (Wildman–Crippen LogP) is 0.648. The first kappa shape index (κ1) is 23.3. The van der Waals surface area contributed by atoms with Crippen molar-refractivity contribution in [2.24, 2.45) is 5.73 Å². The summed E-state index contributed by atoms with van der Waals surface area (Å²) in [5.41, 5.74) is 8.91. The van der Waals surface area contributed by atoms with Crippen LogP contribution in [-0.2, 0) is 22.6 Å². The smallest absolute Gasteiger partial charge is 1.00 e. The Bertz CT molecular complexity index is 1070. The Kier molecular flexibility index (Phi) is 7.77. The molecule has 1 amide bonds. The molecule has 0 aliphatic carbocycles. The van der Waals surface area contributed by atoms with E-state index in [2.05, 4.69) is 4.57 Å². The molecule has 0 saturated heterocycles. The summed E-state index contributed by atoms with van der Waals surface area (Å²) in [6.07, 6.45) is -0.990. The third-order valence-electron chi connectivity index (χ3n) is 4.67. The van der Waals surface area contributed by atoms with Crippen LogP contribution in [0.1, 0.15) is 25.2 Å². The van der Waals surface area contributed by atoms with Crippen LogP contribution in [0.2, 0.25) is 5.02 Å². The van der Waals surface area contributed by atoms with Crippen LogP contribution >= 0.6 is 11.6 Å². The molecule has 3 N–H and O–H groups in total. The Morgan fingerprint density at radius 1 is 1.28 bits per heavy atom. The number of primary amides is 1. The van der Waals surface area contributed by atoms with E-state index in [9.17, 15) is 14.7 Å². The zero-order valence-electron chi connectivity index (χ0n) is 17.6. The number of benzene rings is 2. The number of amides is 1. The molecule has 0 fully saturated rings. The third kappa shape index (κ3) is 5.14. The second-order valence-electron chi connectivity index (χ2n) is 6.67. The maximum atomic E-state index is 11.7. The van der Waals surface area contributed by atoms with E-state index in [0.717, 1.165) is 22.3 Å². The maximum absolute atomic E-state index is 11.7. The van der Waals surface area contributed by atoms with Crippen molar-refractivity contribution in [3.05, 3.63) is 64.3 Å². The fourth-order valence-electron chi connectivity index (χ4n) is 3.32. The van der Waals surface area contributed by atoms with Crippen molar-refractivity contribution in [2.75, 3.05) is 0 Å². The van der Waals surface area contributed by atoms with E-state index in [0.29, 0.717) is 22.7 Å². The van der Waals surface area contributed by atoms with Gasteiger partial charge in [0.1, 0.15) is 5.75 Å². The molecule has 0 radical (unpaired) electrons. The number of nitrogens with zero attached hydrogens (tertiary/aromatic N) is 1.